The maximum absolute atomic E-state index is 12.2. The Morgan fingerprint density at radius 1 is 1.33 bits per heavy atom. The molecular formula is C14H19N5O2. The molecule has 4 N–H and O–H groups in total. The lowest BCUT2D eigenvalue weighted by Crippen LogP contribution is -2.23. The minimum atomic E-state index is -0.222. The summed E-state index contributed by atoms with van der Waals surface area (Å²) in [5, 5.41) is 2.76. The lowest BCUT2D eigenvalue weighted by molar-refractivity contribution is 0.0947. The Morgan fingerprint density at radius 3 is 2.76 bits per heavy atom. The van der Waals surface area contributed by atoms with Crippen molar-refractivity contribution >= 4 is 11.7 Å². The van der Waals surface area contributed by atoms with Gasteiger partial charge in [-0.05, 0) is 18.6 Å². The molecule has 0 unspecified atom stereocenters. The van der Waals surface area contributed by atoms with Crippen molar-refractivity contribution in [3.8, 4) is 0 Å². The second-order valence-corrected chi connectivity index (χ2v) is 4.49. The van der Waals surface area contributed by atoms with E-state index in [4.69, 9.17) is 10.3 Å². The first kappa shape index (κ1) is 15.0. The van der Waals surface area contributed by atoms with Gasteiger partial charge in [0.1, 0.15) is 11.6 Å². The van der Waals surface area contributed by atoms with E-state index in [-0.39, 0.29) is 12.5 Å². The van der Waals surface area contributed by atoms with E-state index < -0.39 is 0 Å². The molecule has 0 fully saturated rings. The van der Waals surface area contributed by atoms with Crippen molar-refractivity contribution in [1.82, 2.24) is 15.3 Å². The highest BCUT2D eigenvalue weighted by Crippen LogP contribution is 2.11. The molecule has 2 aromatic heterocycles. The van der Waals surface area contributed by atoms with Crippen LogP contribution in [-0.4, -0.2) is 15.9 Å². The highest BCUT2D eigenvalue weighted by molar-refractivity contribution is 5.94. The van der Waals surface area contributed by atoms with Gasteiger partial charge in [-0.15, -0.1) is 0 Å². The number of pyridine rings is 1. The standard InChI is InChI=1S/C14H19N5O2/c1-3-10-5-9(6-12(18-10)19-15)14(20)17-8-13-16-7-11(4-2)21-13/h5-7H,3-4,8,15H2,1-2H3,(H,17,20)(H,18,19). The van der Waals surface area contributed by atoms with Crippen LogP contribution in [0.5, 0.6) is 0 Å². The molecule has 7 heteroatoms. The number of aromatic nitrogens is 2. The average Bonchev–Trinajstić information content (AvgIpc) is 3.00. The number of carbonyl (C=O) groups excluding carboxylic acids is 1. The second-order valence-electron chi connectivity index (χ2n) is 4.49. The number of hydrazine groups is 1. The number of nitrogens with one attached hydrogen (secondary N) is 2. The lowest BCUT2D eigenvalue weighted by Gasteiger charge is -2.07. The summed E-state index contributed by atoms with van der Waals surface area (Å²) < 4.78 is 5.44. The van der Waals surface area contributed by atoms with E-state index in [2.05, 4.69) is 20.7 Å². The van der Waals surface area contributed by atoms with Gasteiger partial charge in [-0.3, -0.25) is 4.79 Å². The number of carbonyl (C=O) groups is 1. The number of anilines is 1. The Morgan fingerprint density at radius 2 is 2.14 bits per heavy atom. The molecule has 0 saturated carbocycles. The van der Waals surface area contributed by atoms with Crippen molar-refractivity contribution in [2.45, 2.75) is 33.2 Å². The van der Waals surface area contributed by atoms with Gasteiger partial charge < -0.3 is 15.2 Å². The molecule has 2 rings (SSSR count). The Balaban J connectivity index is 2.05. The molecule has 0 radical (unpaired) electrons. The summed E-state index contributed by atoms with van der Waals surface area (Å²) in [6.07, 6.45) is 3.16. The van der Waals surface area contributed by atoms with Crippen LogP contribution in [0.2, 0.25) is 0 Å². The van der Waals surface area contributed by atoms with Gasteiger partial charge in [-0.1, -0.05) is 13.8 Å². The highest BCUT2D eigenvalue weighted by Gasteiger charge is 2.10. The molecule has 1 amide bonds. The zero-order valence-electron chi connectivity index (χ0n) is 12.1. The van der Waals surface area contributed by atoms with Crippen LogP contribution in [0.4, 0.5) is 5.82 Å². The van der Waals surface area contributed by atoms with Gasteiger partial charge in [0.05, 0.1) is 12.7 Å². The summed E-state index contributed by atoms with van der Waals surface area (Å²) in [5.41, 5.74) is 3.75. The molecule has 0 aliphatic carbocycles. The number of nitrogens with two attached hydrogens (primary N) is 1. The summed E-state index contributed by atoms with van der Waals surface area (Å²) in [6, 6.07) is 3.34. The maximum Gasteiger partial charge on any atom is 0.251 e. The molecule has 0 bridgehead atoms. The molecule has 21 heavy (non-hydrogen) atoms. The number of nitrogen functional groups attached to an aromatic ring is 1. The van der Waals surface area contributed by atoms with Crippen LogP contribution in [0.1, 0.15) is 41.6 Å². The molecule has 0 aromatic carbocycles. The SMILES string of the molecule is CCc1cc(C(=O)NCc2ncc(CC)o2)cc(NN)n1. The van der Waals surface area contributed by atoms with Gasteiger partial charge in [0.25, 0.3) is 5.91 Å². The van der Waals surface area contributed by atoms with E-state index in [1.54, 1.807) is 18.3 Å². The zero-order chi connectivity index (χ0) is 15.2. The monoisotopic (exact) mass is 289 g/mol. The number of nitrogens with zero attached hydrogens (tertiary/aromatic N) is 2. The van der Waals surface area contributed by atoms with Crippen molar-refractivity contribution < 1.29 is 9.21 Å². The van der Waals surface area contributed by atoms with Crippen molar-refractivity contribution in [1.29, 1.82) is 0 Å². The second kappa shape index (κ2) is 6.85. The zero-order valence-corrected chi connectivity index (χ0v) is 12.1. The van der Waals surface area contributed by atoms with Crippen LogP contribution in [-0.2, 0) is 19.4 Å². The molecule has 0 spiro atoms. The quantitative estimate of drug-likeness (QED) is 0.548. The van der Waals surface area contributed by atoms with E-state index in [9.17, 15) is 4.79 Å². The fraction of sp³-hybridized carbons (Fsp3) is 0.357. The van der Waals surface area contributed by atoms with E-state index >= 15 is 0 Å². The normalized spacial score (nSPS) is 10.4. The minimum Gasteiger partial charge on any atom is -0.444 e. The van der Waals surface area contributed by atoms with Crippen LogP contribution in [0, 0.1) is 0 Å². The van der Waals surface area contributed by atoms with Crippen molar-refractivity contribution in [2.75, 3.05) is 5.43 Å². The Kier molecular flexibility index (Phi) is 4.89. The van der Waals surface area contributed by atoms with Gasteiger partial charge in [0, 0.05) is 17.7 Å². The minimum absolute atomic E-state index is 0.222. The van der Waals surface area contributed by atoms with E-state index in [0.717, 1.165) is 24.3 Å². The van der Waals surface area contributed by atoms with Gasteiger partial charge in [-0.2, -0.15) is 0 Å². The van der Waals surface area contributed by atoms with Gasteiger partial charge in [0.2, 0.25) is 5.89 Å². The third-order valence-electron chi connectivity index (χ3n) is 3.00. The topological polar surface area (TPSA) is 106 Å². The molecule has 2 aromatic rings. The van der Waals surface area contributed by atoms with Gasteiger partial charge in [0.15, 0.2) is 0 Å². The molecule has 7 nitrogen and oxygen atoms in total. The summed E-state index contributed by atoms with van der Waals surface area (Å²) in [5.74, 6) is 6.88. The first-order chi connectivity index (χ1) is 10.2. The smallest absolute Gasteiger partial charge is 0.251 e. The summed E-state index contributed by atoms with van der Waals surface area (Å²) in [6.45, 7) is 4.19. The Bertz CT molecular complexity index is 601. The summed E-state index contributed by atoms with van der Waals surface area (Å²) in [4.78, 5) is 20.5. The predicted molar refractivity (Wildman–Crippen MR) is 78.5 cm³/mol. The van der Waals surface area contributed by atoms with Crippen LogP contribution in [0.3, 0.4) is 0 Å². The number of aryl methyl sites for hydroxylation is 2. The first-order valence-corrected chi connectivity index (χ1v) is 6.85. The van der Waals surface area contributed by atoms with Crippen molar-refractivity contribution in [2.24, 2.45) is 5.84 Å². The number of amides is 1. The predicted octanol–water partition coefficient (Wildman–Crippen LogP) is 1.41. The molecule has 0 saturated heterocycles. The number of hydrogen-bond acceptors (Lipinski definition) is 6. The van der Waals surface area contributed by atoms with Crippen molar-refractivity contribution in [3.63, 3.8) is 0 Å². The first-order valence-electron chi connectivity index (χ1n) is 6.85. The molecular weight excluding hydrogens is 270 g/mol. The lowest BCUT2D eigenvalue weighted by atomic mass is 10.2. The number of oxazole rings is 1. The van der Waals surface area contributed by atoms with Gasteiger partial charge >= 0.3 is 0 Å². The van der Waals surface area contributed by atoms with Gasteiger partial charge in [-0.25, -0.2) is 15.8 Å². The highest BCUT2D eigenvalue weighted by atomic mass is 16.4. The van der Waals surface area contributed by atoms with Crippen molar-refractivity contribution in [3.05, 3.63) is 41.2 Å². The fourth-order valence-electron chi connectivity index (χ4n) is 1.83. The molecule has 0 aliphatic rings. The fourth-order valence-corrected chi connectivity index (χ4v) is 1.83. The van der Waals surface area contributed by atoms with E-state index in [0.29, 0.717) is 17.3 Å². The molecule has 112 valence electrons. The van der Waals surface area contributed by atoms with Crippen LogP contribution in [0.15, 0.2) is 22.7 Å². The number of hydrogen-bond donors (Lipinski definition) is 3. The molecule has 0 atom stereocenters. The molecule has 2 heterocycles. The Hall–Kier alpha value is -2.41. The summed E-state index contributed by atoms with van der Waals surface area (Å²) >= 11 is 0. The molecule has 0 aliphatic heterocycles. The average molecular weight is 289 g/mol. The number of rotatable bonds is 6. The van der Waals surface area contributed by atoms with E-state index in [1.165, 1.54) is 0 Å². The van der Waals surface area contributed by atoms with Crippen LogP contribution in [0.25, 0.3) is 0 Å². The third-order valence-corrected chi connectivity index (χ3v) is 3.00. The Labute approximate surface area is 122 Å². The third kappa shape index (κ3) is 3.79. The largest absolute Gasteiger partial charge is 0.444 e. The van der Waals surface area contributed by atoms with Crippen LogP contribution >= 0.6 is 0 Å². The van der Waals surface area contributed by atoms with E-state index in [1.807, 2.05) is 13.8 Å². The summed E-state index contributed by atoms with van der Waals surface area (Å²) in [7, 11) is 0. The van der Waals surface area contributed by atoms with Crippen LogP contribution < -0.4 is 16.6 Å². The maximum atomic E-state index is 12.2.